The van der Waals surface area contributed by atoms with Gasteiger partial charge >= 0.3 is 0 Å². The molecule has 1 amide bonds. The highest BCUT2D eigenvalue weighted by atomic mass is 32.2. The Morgan fingerprint density at radius 3 is 2.42 bits per heavy atom. The number of thioether (sulfide) groups is 1. The zero-order valence-corrected chi connectivity index (χ0v) is 14.3. The van der Waals surface area contributed by atoms with Crippen molar-refractivity contribution in [1.82, 2.24) is 0 Å². The second-order valence-electron chi connectivity index (χ2n) is 5.26. The first-order valence-electron chi connectivity index (χ1n) is 7.53. The van der Waals surface area contributed by atoms with E-state index in [1.807, 2.05) is 31.2 Å². The van der Waals surface area contributed by atoms with Crippen molar-refractivity contribution in [3.63, 3.8) is 0 Å². The number of hydrogen-bond acceptors (Lipinski definition) is 3. The number of amides is 1. The molecule has 0 fully saturated rings. The minimum atomic E-state index is -0.789. The Bertz CT molecular complexity index is 672. The molecule has 0 saturated heterocycles. The number of rotatable bonds is 7. The summed E-state index contributed by atoms with van der Waals surface area (Å²) in [6, 6.07) is 11.1. The van der Waals surface area contributed by atoms with E-state index in [2.05, 4.69) is 5.32 Å². The Kier molecular flexibility index (Phi) is 6.61. The molecule has 0 bridgehead atoms. The van der Waals surface area contributed by atoms with Gasteiger partial charge in [0.25, 0.3) is 0 Å². The summed E-state index contributed by atoms with van der Waals surface area (Å²) in [5.41, 5.74) is 0.744. The van der Waals surface area contributed by atoms with Crippen LogP contribution < -0.4 is 10.1 Å². The molecule has 128 valence electrons. The topological polar surface area (TPSA) is 38.3 Å². The molecule has 1 unspecified atom stereocenters. The van der Waals surface area contributed by atoms with Gasteiger partial charge in [0.2, 0.25) is 5.91 Å². The zero-order valence-electron chi connectivity index (χ0n) is 13.5. The number of benzene rings is 2. The number of carbonyl (C=O) groups is 1. The average Bonchev–Trinajstić information content (AvgIpc) is 2.56. The maximum absolute atomic E-state index is 13.5. The number of ether oxygens (including phenoxy) is 1. The van der Waals surface area contributed by atoms with Crippen molar-refractivity contribution < 1.29 is 18.3 Å². The van der Waals surface area contributed by atoms with Crippen LogP contribution in [0.15, 0.2) is 42.5 Å². The van der Waals surface area contributed by atoms with Crippen molar-refractivity contribution in [2.75, 3.05) is 17.7 Å². The predicted molar refractivity (Wildman–Crippen MR) is 93.6 cm³/mol. The van der Waals surface area contributed by atoms with Gasteiger partial charge in [-0.1, -0.05) is 23.8 Å². The van der Waals surface area contributed by atoms with Gasteiger partial charge < -0.3 is 10.1 Å². The fourth-order valence-corrected chi connectivity index (χ4v) is 2.68. The van der Waals surface area contributed by atoms with Gasteiger partial charge in [-0.3, -0.25) is 4.79 Å². The van der Waals surface area contributed by atoms with E-state index in [4.69, 9.17) is 4.74 Å². The maximum atomic E-state index is 13.5. The van der Waals surface area contributed by atoms with Gasteiger partial charge in [-0.2, -0.15) is 0 Å². The maximum Gasteiger partial charge on any atom is 0.237 e. The second-order valence-corrected chi connectivity index (χ2v) is 6.71. The molecule has 2 aromatic carbocycles. The van der Waals surface area contributed by atoms with Gasteiger partial charge in [-0.05, 0) is 38.1 Å². The highest BCUT2D eigenvalue weighted by Gasteiger charge is 2.17. The first-order valence-corrected chi connectivity index (χ1v) is 8.58. The summed E-state index contributed by atoms with van der Waals surface area (Å²) >= 11 is 1.36. The third-order valence-corrected chi connectivity index (χ3v) is 4.44. The van der Waals surface area contributed by atoms with E-state index >= 15 is 0 Å². The Morgan fingerprint density at radius 2 is 1.79 bits per heavy atom. The minimum Gasteiger partial charge on any atom is -0.493 e. The summed E-state index contributed by atoms with van der Waals surface area (Å²) in [7, 11) is 0. The normalized spacial score (nSPS) is 11.8. The average molecular weight is 351 g/mol. The molecule has 6 heteroatoms. The summed E-state index contributed by atoms with van der Waals surface area (Å²) in [6.45, 7) is 4.13. The third-order valence-electron chi connectivity index (χ3n) is 3.32. The number of anilines is 1. The highest BCUT2D eigenvalue weighted by molar-refractivity contribution is 8.00. The van der Waals surface area contributed by atoms with Crippen LogP contribution in [0.3, 0.4) is 0 Å². The highest BCUT2D eigenvalue weighted by Crippen LogP contribution is 2.20. The SMILES string of the molecule is Cc1ccc(OCCSC(C)C(=O)Nc2c(F)cccc2F)cc1. The molecule has 2 rings (SSSR count). The van der Waals surface area contributed by atoms with Crippen LogP contribution in [0.5, 0.6) is 5.75 Å². The van der Waals surface area contributed by atoms with Gasteiger partial charge in [-0.25, -0.2) is 8.78 Å². The quantitative estimate of drug-likeness (QED) is 0.751. The first-order chi connectivity index (χ1) is 11.5. The summed E-state index contributed by atoms with van der Waals surface area (Å²) < 4.78 is 32.6. The van der Waals surface area contributed by atoms with Crippen LogP contribution in [0, 0.1) is 18.6 Å². The number of para-hydroxylation sites is 1. The lowest BCUT2D eigenvalue weighted by Gasteiger charge is -2.13. The van der Waals surface area contributed by atoms with E-state index < -0.39 is 28.5 Å². The summed E-state index contributed by atoms with van der Waals surface area (Å²) in [6.07, 6.45) is 0. The van der Waals surface area contributed by atoms with Crippen molar-refractivity contribution in [3.05, 3.63) is 59.7 Å². The Labute approximate surface area is 144 Å². The fraction of sp³-hybridized carbons (Fsp3) is 0.278. The Hall–Kier alpha value is -2.08. The molecule has 0 saturated carbocycles. The lowest BCUT2D eigenvalue weighted by Crippen LogP contribution is -2.24. The molecule has 0 heterocycles. The molecular weight excluding hydrogens is 332 g/mol. The predicted octanol–water partition coefficient (Wildman–Crippen LogP) is 4.41. The van der Waals surface area contributed by atoms with E-state index in [0.717, 1.165) is 23.4 Å². The number of nitrogens with one attached hydrogen (secondary N) is 1. The molecule has 3 nitrogen and oxygen atoms in total. The zero-order chi connectivity index (χ0) is 17.5. The molecule has 1 N–H and O–H groups in total. The summed E-state index contributed by atoms with van der Waals surface area (Å²) in [5.74, 6) is -0.667. The van der Waals surface area contributed by atoms with Crippen LogP contribution in [0.4, 0.5) is 14.5 Å². The van der Waals surface area contributed by atoms with E-state index in [1.165, 1.54) is 17.8 Å². The van der Waals surface area contributed by atoms with E-state index in [-0.39, 0.29) is 0 Å². The molecule has 0 spiro atoms. The van der Waals surface area contributed by atoms with Gasteiger partial charge in [0.05, 0.1) is 11.9 Å². The molecule has 0 aliphatic heterocycles. The Morgan fingerprint density at radius 1 is 1.17 bits per heavy atom. The van der Waals surface area contributed by atoms with Gasteiger partial charge in [0.15, 0.2) is 0 Å². The van der Waals surface area contributed by atoms with Gasteiger partial charge in [-0.15, -0.1) is 11.8 Å². The molecule has 1 atom stereocenters. The molecule has 0 aromatic heterocycles. The summed E-state index contributed by atoms with van der Waals surface area (Å²) in [5, 5.41) is 1.84. The van der Waals surface area contributed by atoms with Crippen LogP contribution in [0.2, 0.25) is 0 Å². The molecule has 0 aliphatic rings. The lowest BCUT2D eigenvalue weighted by molar-refractivity contribution is -0.115. The monoisotopic (exact) mass is 351 g/mol. The van der Waals surface area contributed by atoms with Crippen LogP contribution in [0.1, 0.15) is 12.5 Å². The number of halogens is 2. The van der Waals surface area contributed by atoms with Crippen molar-refractivity contribution in [2.45, 2.75) is 19.1 Å². The number of carbonyl (C=O) groups excluding carboxylic acids is 1. The van der Waals surface area contributed by atoms with Crippen molar-refractivity contribution in [2.24, 2.45) is 0 Å². The Balaban J connectivity index is 1.76. The summed E-state index contributed by atoms with van der Waals surface area (Å²) in [4.78, 5) is 12.0. The van der Waals surface area contributed by atoms with Gasteiger partial charge in [0.1, 0.15) is 23.1 Å². The van der Waals surface area contributed by atoms with Crippen molar-refractivity contribution in [1.29, 1.82) is 0 Å². The van der Waals surface area contributed by atoms with Crippen LogP contribution >= 0.6 is 11.8 Å². The van der Waals surface area contributed by atoms with Crippen molar-refractivity contribution in [3.8, 4) is 5.75 Å². The molecular formula is C18H19F2NO2S. The second kappa shape index (κ2) is 8.68. The standard InChI is InChI=1S/C18H19F2NO2S/c1-12-6-8-14(9-7-12)23-10-11-24-13(2)18(22)21-17-15(19)4-3-5-16(17)20/h3-9,13H,10-11H2,1-2H3,(H,21,22). The molecule has 0 aliphatic carbocycles. The lowest BCUT2D eigenvalue weighted by atomic mass is 10.2. The van der Waals surface area contributed by atoms with Gasteiger partial charge in [0, 0.05) is 5.75 Å². The minimum absolute atomic E-state index is 0.411. The fourth-order valence-electron chi connectivity index (χ4n) is 1.94. The molecule has 24 heavy (non-hydrogen) atoms. The smallest absolute Gasteiger partial charge is 0.237 e. The molecule has 0 radical (unpaired) electrons. The largest absolute Gasteiger partial charge is 0.493 e. The van der Waals surface area contributed by atoms with Crippen LogP contribution in [0.25, 0.3) is 0 Å². The van der Waals surface area contributed by atoms with Crippen LogP contribution in [-0.2, 0) is 4.79 Å². The van der Waals surface area contributed by atoms with E-state index in [9.17, 15) is 13.6 Å². The first kappa shape index (κ1) is 18.3. The van der Waals surface area contributed by atoms with E-state index in [0.29, 0.717) is 12.4 Å². The van der Waals surface area contributed by atoms with Crippen molar-refractivity contribution >= 4 is 23.4 Å². The van der Waals surface area contributed by atoms with Crippen LogP contribution in [-0.4, -0.2) is 23.5 Å². The molecule has 2 aromatic rings. The number of aryl methyl sites for hydroxylation is 1. The van der Waals surface area contributed by atoms with E-state index in [1.54, 1.807) is 6.92 Å². The number of hydrogen-bond donors (Lipinski definition) is 1. The third kappa shape index (κ3) is 5.23.